The smallest absolute Gasteiger partial charge is 0.247 e. The standard InChI is InChI=1S/C23H33N3O2/c1-15(2)16-7-8-18-17(13-16)9-12-23(5)21(3,10-6-11-22(18,23)4)14-26-19(27)24-25-20(26)28/h7-8,13,15H,6,9-12,14H2,1-5H3,(H,24,27)(H,25,28)/t21-,22-,23-/m0/s1. The lowest BCUT2D eigenvalue weighted by molar-refractivity contribution is -0.0796. The minimum absolute atomic E-state index is 0.0216. The van der Waals surface area contributed by atoms with Crippen molar-refractivity contribution in [3.05, 3.63) is 55.9 Å². The third kappa shape index (κ3) is 2.51. The van der Waals surface area contributed by atoms with Crippen LogP contribution in [-0.4, -0.2) is 14.8 Å². The molecule has 1 aromatic heterocycles. The van der Waals surface area contributed by atoms with Crippen LogP contribution >= 0.6 is 0 Å². The number of H-pyrrole nitrogens is 2. The molecule has 0 unspecified atom stereocenters. The maximum atomic E-state index is 12.2. The van der Waals surface area contributed by atoms with Gasteiger partial charge in [-0.1, -0.05) is 59.2 Å². The first kappa shape index (κ1) is 19.3. The fourth-order valence-electron chi connectivity index (χ4n) is 6.24. The molecule has 2 aliphatic rings. The molecule has 152 valence electrons. The quantitative estimate of drug-likeness (QED) is 0.838. The molecule has 0 bridgehead atoms. The maximum absolute atomic E-state index is 12.2. The highest BCUT2D eigenvalue weighted by Gasteiger charge is 2.60. The second kappa shape index (κ2) is 6.23. The Morgan fingerprint density at radius 3 is 2.36 bits per heavy atom. The third-order valence-corrected chi connectivity index (χ3v) is 8.51. The van der Waals surface area contributed by atoms with E-state index in [1.54, 1.807) is 0 Å². The predicted octanol–water partition coefficient (Wildman–Crippen LogP) is 4.09. The van der Waals surface area contributed by atoms with Crippen LogP contribution in [0.2, 0.25) is 0 Å². The summed E-state index contributed by atoms with van der Waals surface area (Å²) in [5, 5.41) is 4.88. The summed E-state index contributed by atoms with van der Waals surface area (Å²) in [5.74, 6) is 0.537. The molecule has 1 aromatic carbocycles. The van der Waals surface area contributed by atoms with Crippen molar-refractivity contribution in [3.8, 4) is 0 Å². The molecule has 0 saturated heterocycles. The van der Waals surface area contributed by atoms with Crippen LogP contribution in [0.5, 0.6) is 0 Å². The first-order chi connectivity index (χ1) is 13.1. The highest BCUT2D eigenvalue weighted by Crippen LogP contribution is 2.65. The minimum atomic E-state index is -0.333. The van der Waals surface area contributed by atoms with Crippen molar-refractivity contribution >= 4 is 0 Å². The van der Waals surface area contributed by atoms with E-state index in [0.717, 1.165) is 32.1 Å². The summed E-state index contributed by atoms with van der Waals surface area (Å²) >= 11 is 0. The average molecular weight is 384 g/mol. The minimum Gasteiger partial charge on any atom is -0.247 e. The number of aromatic amines is 2. The molecular formula is C23H33N3O2. The summed E-state index contributed by atoms with van der Waals surface area (Å²) in [6, 6.07) is 7.08. The Morgan fingerprint density at radius 2 is 1.71 bits per heavy atom. The highest BCUT2D eigenvalue weighted by molar-refractivity contribution is 5.43. The lowest BCUT2D eigenvalue weighted by Gasteiger charge is -2.63. The van der Waals surface area contributed by atoms with E-state index in [2.05, 4.69) is 63.0 Å². The molecule has 1 saturated carbocycles. The van der Waals surface area contributed by atoms with Gasteiger partial charge >= 0.3 is 11.4 Å². The van der Waals surface area contributed by atoms with Crippen LogP contribution in [0.3, 0.4) is 0 Å². The van der Waals surface area contributed by atoms with Gasteiger partial charge < -0.3 is 0 Å². The number of nitrogens with one attached hydrogen (secondary N) is 2. The molecule has 2 N–H and O–H groups in total. The van der Waals surface area contributed by atoms with Gasteiger partial charge in [0.15, 0.2) is 0 Å². The normalized spacial score (nSPS) is 32.2. The molecular weight excluding hydrogens is 350 g/mol. The second-order valence-corrected chi connectivity index (χ2v) is 10.1. The molecule has 3 atom stereocenters. The molecule has 0 aliphatic heterocycles. The molecule has 5 nitrogen and oxygen atoms in total. The van der Waals surface area contributed by atoms with Gasteiger partial charge in [0.05, 0.1) is 0 Å². The molecule has 0 radical (unpaired) electrons. The van der Waals surface area contributed by atoms with Gasteiger partial charge in [-0.2, -0.15) is 0 Å². The molecule has 4 rings (SSSR count). The molecule has 2 aromatic rings. The number of benzene rings is 1. The molecule has 28 heavy (non-hydrogen) atoms. The van der Waals surface area contributed by atoms with Crippen molar-refractivity contribution in [1.82, 2.24) is 14.8 Å². The number of rotatable bonds is 3. The third-order valence-electron chi connectivity index (χ3n) is 8.51. The van der Waals surface area contributed by atoms with Gasteiger partial charge in [-0.05, 0) is 64.5 Å². The Kier molecular flexibility index (Phi) is 4.29. The van der Waals surface area contributed by atoms with Crippen molar-refractivity contribution in [2.45, 2.75) is 84.6 Å². The Balaban J connectivity index is 1.81. The van der Waals surface area contributed by atoms with Gasteiger partial charge in [0.1, 0.15) is 0 Å². The van der Waals surface area contributed by atoms with Crippen LogP contribution in [0.25, 0.3) is 0 Å². The van der Waals surface area contributed by atoms with Crippen molar-refractivity contribution in [2.24, 2.45) is 10.8 Å². The first-order valence-corrected chi connectivity index (χ1v) is 10.6. The zero-order chi connectivity index (χ0) is 20.3. The number of aromatic nitrogens is 3. The van der Waals surface area contributed by atoms with E-state index in [-0.39, 0.29) is 27.6 Å². The zero-order valence-corrected chi connectivity index (χ0v) is 17.8. The fourth-order valence-corrected chi connectivity index (χ4v) is 6.24. The molecule has 1 heterocycles. The first-order valence-electron chi connectivity index (χ1n) is 10.6. The summed E-state index contributed by atoms with van der Waals surface area (Å²) in [7, 11) is 0. The monoisotopic (exact) mass is 383 g/mol. The van der Waals surface area contributed by atoms with Crippen molar-refractivity contribution in [2.75, 3.05) is 0 Å². The van der Waals surface area contributed by atoms with Gasteiger partial charge in [0.25, 0.3) is 0 Å². The number of aryl methyl sites for hydroxylation is 1. The Bertz CT molecular complexity index is 986. The molecule has 1 fully saturated rings. The highest BCUT2D eigenvalue weighted by atomic mass is 16.2. The van der Waals surface area contributed by atoms with E-state index in [1.165, 1.54) is 21.3 Å². The summed E-state index contributed by atoms with van der Waals surface area (Å²) in [6.07, 6.45) is 5.47. The van der Waals surface area contributed by atoms with Crippen LogP contribution < -0.4 is 11.4 Å². The zero-order valence-electron chi connectivity index (χ0n) is 17.8. The van der Waals surface area contributed by atoms with E-state index in [9.17, 15) is 9.59 Å². The van der Waals surface area contributed by atoms with Gasteiger partial charge in [-0.25, -0.2) is 24.4 Å². The van der Waals surface area contributed by atoms with Gasteiger partial charge in [-0.15, -0.1) is 0 Å². The summed E-state index contributed by atoms with van der Waals surface area (Å²) in [4.78, 5) is 24.4. The van der Waals surface area contributed by atoms with Crippen molar-refractivity contribution in [3.63, 3.8) is 0 Å². The lowest BCUT2D eigenvalue weighted by Crippen LogP contribution is -2.59. The van der Waals surface area contributed by atoms with Crippen LogP contribution in [0.1, 0.15) is 82.9 Å². The maximum Gasteiger partial charge on any atom is 0.344 e. The van der Waals surface area contributed by atoms with Gasteiger partial charge in [-0.3, -0.25) is 0 Å². The number of hydrogen-bond acceptors (Lipinski definition) is 2. The predicted molar refractivity (Wildman–Crippen MR) is 112 cm³/mol. The average Bonchev–Trinajstić information content (AvgIpc) is 2.95. The topological polar surface area (TPSA) is 70.7 Å². The van der Waals surface area contributed by atoms with Crippen LogP contribution in [0.15, 0.2) is 27.8 Å². The number of nitrogens with zero attached hydrogens (tertiary/aromatic N) is 1. The van der Waals surface area contributed by atoms with E-state index in [1.807, 2.05) is 0 Å². The van der Waals surface area contributed by atoms with E-state index in [0.29, 0.717) is 12.5 Å². The van der Waals surface area contributed by atoms with Crippen LogP contribution in [-0.2, 0) is 18.4 Å². The van der Waals surface area contributed by atoms with Crippen molar-refractivity contribution in [1.29, 1.82) is 0 Å². The molecule has 2 aliphatic carbocycles. The van der Waals surface area contributed by atoms with Crippen LogP contribution in [0.4, 0.5) is 0 Å². The Hall–Kier alpha value is -2.04. The number of fused-ring (bicyclic) bond motifs is 3. The summed E-state index contributed by atoms with van der Waals surface area (Å²) < 4.78 is 1.36. The van der Waals surface area contributed by atoms with E-state index >= 15 is 0 Å². The van der Waals surface area contributed by atoms with Crippen LogP contribution in [0, 0.1) is 10.8 Å². The largest absolute Gasteiger partial charge is 0.344 e. The Labute approximate surface area is 166 Å². The fraction of sp³-hybridized carbons (Fsp3) is 0.652. The summed E-state index contributed by atoms with van der Waals surface area (Å²) in [6.45, 7) is 12.1. The molecule has 5 heteroatoms. The second-order valence-electron chi connectivity index (χ2n) is 10.1. The SMILES string of the molecule is CC(C)c1ccc2c(c1)CC[C@@]1(C)[C@](C)(Cn3c(=O)[nH][nH]c3=O)CCC[C@@]21C. The van der Waals surface area contributed by atoms with Gasteiger partial charge in [0, 0.05) is 6.54 Å². The van der Waals surface area contributed by atoms with Crippen molar-refractivity contribution < 1.29 is 0 Å². The molecule has 0 amide bonds. The van der Waals surface area contributed by atoms with E-state index in [4.69, 9.17) is 0 Å². The number of hydrogen-bond donors (Lipinski definition) is 2. The van der Waals surface area contributed by atoms with Gasteiger partial charge in [0.2, 0.25) is 0 Å². The Morgan fingerprint density at radius 1 is 1.04 bits per heavy atom. The van der Waals surface area contributed by atoms with E-state index < -0.39 is 0 Å². The lowest BCUT2D eigenvalue weighted by atomic mass is 9.41. The molecule has 0 spiro atoms. The summed E-state index contributed by atoms with van der Waals surface area (Å²) in [5.41, 5.74) is 3.67.